The number of carbonyl (C=O) groups is 1. The molecule has 5 nitrogen and oxygen atoms in total. The molecule has 1 aromatic heterocycles. The van der Waals surface area contributed by atoms with Crippen LogP contribution in [0.2, 0.25) is 0 Å². The number of nitrogens with zero attached hydrogens (tertiary/aromatic N) is 3. The van der Waals surface area contributed by atoms with Crippen LogP contribution in [-0.4, -0.2) is 40.2 Å². The maximum atomic E-state index is 12.6. The molecular formula is C15H26Cl2N4O. The quantitative estimate of drug-likeness (QED) is 0.907. The average Bonchev–Trinajstić information content (AvgIpc) is 3.17. The molecule has 3 atom stereocenters. The van der Waals surface area contributed by atoms with Crippen LogP contribution in [0.5, 0.6) is 0 Å². The van der Waals surface area contributed by atoms with Gasteiger partial charge in [0.05, 0.1) is 6.20 Å². The van der Waals surface area contributed by atoms with Gasteiger partial charge in [-0.3, -0.25) is 9.48 Å². The average molecular weight is 349 g/mol. The molecule has 1 aliphatic heterocycles. The molecule has 2 heterocycles. The molecule has 1 saturated heterocycles. The second kappa shape index (κ2) is 8.18. The van der Waals surface area contributed by atoms with Gasteiger partial charge in [0.15, 0.2) is 0 Å². The highest BCUT2D eigenvalue weighted by Gasteiger charge is 2.37. The van der Waals surface area contributed by atoms with E-state index in [1.807, 2.05) is 17.9 Å². The summed E-state index contributed by atoms with van der Waals surface area (Å²) in [5.41, 5.74) is 7.05. The fourth-order valence-electron chi connectivity index (χ4n) is 3.76. The third kappa shape index (κ3) is 3.76. The minimum atomic E-state index is 0. The molecule has 22 heavy (non-hydrogen) atoms. The van der Waals surface area contributed by atoms with Crippen molar-refractivity contribution in [3.63, 3.8) is 0 Å². The Hall–Kier alpha value is -0.780. The fraction of sp³-hybridized carbons (Fsp3) is 0.733. The molecule has 2 aliphatic rings. The van der Waals surface area contributed by atoms with E-state index in [1.54, 1.807) is 0 Å². The van der Waals surface area contributed by atoms with Gasteiger partial charge in [-0.15, -0.1) is 24.8 Å². The van der Waals surface area contributed by atoms with E-state index in [4.69, 9.17) is 5.73 Å². The van der Waals surface area contributed by atoms with Gasteiger partial charge in [-0.05, 0) is 37.3 Å². The van der Waals surface area contributed by atoms with E-state index < -0.39 is 0 Å². The van der Waals surface area contributed by atoms with E-state index in [0.29, 0.717) is 24.3 Å². The van der Waals surface area contributed by atoms with Crippen molar-refractivity contribution in [1.82, 2.24) is 14.7 Å². The van der Waals surface area contributed by atoms with Gasteiger partial charge in [-0.2, -0.15) is 5.10 Å². The first-order valence-corrected chi connectivity index (χ1v) is 7.66. The SMILES string of the molecule is Cl.Cl.Cn1cc(C2CCN(C(=O)[C@@H]3CCC[C@@H]3CN)C2)cn1. The van der Waals surface area contributed by atoms with E-state index in [1.165, 1.54) is 5.56 Å². The van der Waals surface area contributed by atoms with Gasteiger partial charge in [-0.1, -0.05) is 6.42 Å². The van der Waals surface area contributed by atoms with E-state index in [9.17, 15) is 4.79 Å². The Kier molecular flexibility index (Phi) is 7.16. The second-order valence-electron chi connectivity index (χ2n) is 6.25. The lowest BCUT2D eigenvalue weighted by Gasteiger charge is -2.24. The number of hydrogen-bond acceptors (Lipinski definition) is 3. The first kappa shape index (κ1) is 19.3. The largest absolute Gasteiger partial charge is 0.342 e. The number of halogens is 2. The molecule has 0 bridgehead atoms. The van der Waals surface area contributed by atoms with Crippen LogP contribution < -0.4 is 5.73 Å². The Bertz CT molecular complexity index is 494. The van der Waals surface area contributed by atoms with Gasteiger partial charge in [0.2, 0.25) is 5.91 Å². The topological polar surface area (TPSA) is 64.2 Å². The molecule has 3 rings (SSSR count). The van der Waals surface area contributed by atoms with Crippen LogP contribution in [0.4, 0.5) is 0 Å². The highest BCUT2D eigenvalue weighted by atomic mass is 35.5. The third-order valence-corrected chi connectivity index (χ3v) is 4.98. The number of aryl methyl sites for hydroxylation is 1. The molecule has 2 N–H and O–H groups in total. The second-order valence-corrected chi connectivity index (χ2v) is 6.25. The molecule has 126 valence electrons. The molecule has 1 aromatic rings. The van der Waals surface area contributed by atoms with Crippen LogP contribution in [0.3, 0.4) is 0 Å². The first-order valence-electron chi connectivity index (χ1n) is 7.66. The molecule has 0 spiro atoms. The van der Waals surface area contributed by atoms with Crippen molar-refractivity contribution in [2.45, 2.75) is 31.6 Å². The van der Waals surface area contributed by atoms with Crippen LogP contribution in [0.15, 0.2) is 12.4 Å². The zero-order valence-electron chi connectivity index (χ0n) is 13.0. The molecule has 2 fully saturated rings. The van der Waals surface area contributed by atoms with E-state index >= 15 is 0 Å². The molecule has 0 aromatic carbocycles. The van der Waals surface area contributed by atoms with Crippen molar-refractivity contribution in [2.75, 3.05) is 19.6 Å². The van der Waals surface area contributed by atoms with Gasteiger partial charge in [0.1, 0.15) is 0 Å². The molecule has 1 aliphatic carbocycles. The number of likely N-dealkylation sites (tertiary alicyclic amines) is 1. The molecule has 7 heteroatoms. The lowest BCUT2D eigenvalue weighted by atomic mass is 9.95. The normalized spacial score (nSPS) is 27.4. The predicted octanol–water partition coefficient (Wildman–Crippen LogP) is 1.95. The summed E-state index contributed by atoms with van der Waals surface area (Å²) in [7, 11) is 1.94. The van der Waals surface area contributed by atoms with E-state index in [2.05, 4.69) is 16.2 Å². The van der Waals surface area contributed by atoms with Crippen molar-refractivity contribution in [3.8, 4) is 0 Å². The van der Waals surface area contributed by atoms with Crippen LogP contribution >= 0.6 is 24.8 Å². The van der Waals surface area contributed by atoms with E-state index in [-0.39, 0.29) is 30.7 Å². The van der Waals surface area contributed by atoms with Crippen molar-refractivity contribution in [1.29, 1.82) is 0 Å². The molecule has 0 radical (unpaired) electrons. The van der Waals surface area contributed by atoms with Crippen molar-refractivity contribution in [2.24, 2.45) is 24.6 Å². The minimum absolute atomic E-state index is 0. The van der Waals surface area contributed by atoms with Crippen LogP contribution in [-0.2, 0) is 11.8 Å². The summed E-state index contributed by atoms with van der Waals surface area (Å²) in [6, 6.07) is 0. The van der Waals surface area contributed by atoms with Crippen LogP contribution in [0.25, 0.3) is 0 Å². The lowest BCUT2D eigenvalue weighted by Crippen LogP contribution is -2.37. The summed E-state index contributed by atoms with van der Waals surface area (Å²) in [5, 5.41) is 4.23. The first-order chi connectivity index (χ1) is 9.69. The maximum absolute atomic E-state index is 12.6. The number of rotatable bonds is 3. The number of nitrogens with two attached hydrogens (primary N) is 1. The number of aromatic nitrogens is 2. The minimum Gasteiger partial charge on any atom is -0.342 e. The summed E-state index contributed by atoms with van der Waals surface area (Å²) in [5.74, 6) is 1.36. The molecule has 1 unspecified atom stereocenters. The van der Waals surface area contributed by atoms with Gasteiger partial charge in [0.25, 0.3) is 0 Å². The van der Waals surface area contributed by atoms with Gasteiger partial charge >= 0.3 is 0 Å². The van der Waals surface area contributed by atoms with Crippen LogP contribution in [0.1, 0.15) is 37.2 Å². The standard InChI is InChI=1S/C15H24N4O.2ClH/c1-18-9-13(8-17-18)12-5-6-19(10-12)15(20)14-4-2-3-11(14)7-16;;/h8-9,11-12,14H,2-7,10,16H2,1H3;2*1H/t11-,12?,14-;;/m1../s1. The maximum Gasteiger partial charge on any atom is 0.226 e. The summed E-state index contributed by atoms with van der Waals surface area (Å²) in [4.78, 5) is 14.7. The highest BCUT2D eigenvalue weighted by Crippen LogP contribution is 2.35. The zero-order valence-corrected chi connectivity index (χ0v) is 14.6. The molecule has 1 saturated carbocycles. The van der Waals surface area contributed by atoms with Crippen LogP contribution in [0, 0.1) is 11.8 Å². The number of hydrogen-bond donors (Lipinski definition) is 1. The summed E-state index contributed by atoms with van der Waals surface area (Å²) in [6.45, 7) is 2.38. The fourth-order valence-corrected chi connectivity index (χ4v) is 3.76. The Morgan fingerprint density at radius 1 is 1.36 bits per heavy atom. The smallest absolute Gasteiger partial charge is 0.226 e. The molecular weight excluding hydrogens is 323 g/mol. The third-order valence-electron chi connectivity index (χ3n) is 4.98. The number of carbonyl (C=O) groups excluding carboxylic acids is 1. The van der Waals surface area contributed by atoms with Gasteiger partial charge in [0, 0.05) is 38.2 Å². The zero-order chi connectivity index (χ0) is 14.1. The van der Waals surface area contributed by atoms with Gasteiger partial charge < -0.3 is 10.6 Å². The monoisotopic (exact) mass is 348 g/mol. The summed E-state index contributed by atoms with van der Waals surface area (Å²) in [6.07, 6.45) is 8.34. The Balaban J connectivity index is 0.00000121. The summed E-state index contributed by atoms with van der Waals surface area (Å²) >= 11 is 0. The van der Waals surface area contributed by atoms with Gasteiger partial charge in [-0.25, -0.2) is 0 Å². The lowest BCUT2D eigenvalue weighted by molar-refractivity contribution is -0.135. The van der Waals surface area contributed by atoms with E-state index in [0.717, 1.165) is 38.8 Å². The Labute approximate surface area is 144 Å². The predicted molar refractivity (Wildman–Crippen MR) is 91.5 cm³/mol. The van der Waals surface area contributed by atoms with Crippen molar-refractivity contribution >= 4 is 30.7 Å². The molecule has 1 amide bonds. The Morgan fingerprint density at radius 2 is 2.14 bits per heavy atom. The van der Waals surface area contributed by atoms with Crippen molar-refractivity contribution in [3.05, 3.63) is 18.0 Å². The summed E-state index contributed by atoms with van der Waals surface area (Å²) < 4.78 is 1.83. The highest BCUT2D eigenvalue weighted by molar-refractivity contribution is 5.85. The van der Waals surface area contributed by atoms with Crippen molar-refractivity contribution < 1.29 is 4.79 Å². The number of amides is 1. The Morgan fingerprint density at radius 3 is 2.77 bits per heavy atom.